The van der Waals surface area contributed by atoms with Crippen LogP contribution in [0.3, 0.4) is 0 Å². The van der Waals surface area contributed by atoms with Gasteiger partial charge in [-0.25, -0.2) is 0 Å². The molecule has 4 heteroatoms. The molecule has 2 heterocycles. The Kier molecular flexibility index (Phi) is 5.16. The Morgan fingerprint density at radius 2 is 2.00 bits per heavy atom. The van der Waals surface area contributed by atoms with Gasteiger partial charge in [0.2, 0.25) is 0 Å². The second kappa shape index (κ2) is 7.49. The first-order valence-corrected chi connectivity index (χ1v) is 8.61. The third kappa shape index (κ3) is 3.44. The van der Waals surface area contributed by atoms with E-state index in [1.807, 2.05) is 18.2 Å². The molecule has 0 bridgehead atoms. The molecule has 0 aromatic heterocycles. The molecule has 1 aromatic rings. The molecular formula is C20H26N4. The fourth-order valence-electron chi connectivity index (χ4n) is 3.39. The summed E-state index contributed by atoms with van der Waals surface area (Å²) in [6, 6.07) is 8.34. The number of hydrogen-bond acceptors (Lipinski definition) is 3. The number of para-hydroxylation sites is 2. The molecule has 1 fully saturated rings. The second-order valence-corrected chi connectivity index (χ2v) is 6.33. The van der Waals surface area contributed by atoms with Crippen molar-refractivity contribution in [3.63, 3.8) is 0 Å². The van der Waals surface area contributed by atoms with Crippen molar-refractivity contribution in [3.8, 4) is 0 Å². The lowest BCUT2D eigenvalue weighted by Crippen LogP contribution is -2.53. The van der Waals surface area contributed by atoms with Crippen molar-refractivity contribution in [2.75, 3.05) is 30.3 Å². The Hall–Kier alpha value is -2.33. The van der Waals surface area contributed by atoms with E-state index in [1.165, 1.54) is 0 Å². The topological polar surface area (TPSA) is 48.5 Å². The average Bonchev–Trinajstić information content (AvgIpc) is 2.85. The van der Waals surface area contributed by atoms with Gasteiger partial charge in [0, 0.05) is 0 Å². The van der Waals surface area contributed by atoms with Crippen molar-refractivity contribution in [2.45, 2.75) is 24.8 Å². The molecule has 4 nitrogen and oxygen atoms in total. The summed E-state index contributed by atoms with van der Waals surface area (Å²) in [5, 5.41) is 10.9. The van der Waals surface area contributed by atoms with Crippen LogP contribution in [0.2, 0.25) is 0 Å². The number of allylic oxidation sites excluding steroid dienone is 2. The summed E-state index contributed by atoms with van der Waals surface area (Å²) in [5.74, 6) is 1.03. The van der Waals surface area contributed by atoms with Crippen molar-refractivity contribution < 1.29 is 0 Å². The Balaban J connectivity index is 1.95. The van der Waals surface area contributed by atoms with Gasteiger partial charge in [0.15, 0.2) is 0 Å². The number of fused-ring (bicyclic) bond motifs is 1. The number of hydrogen-bond donors (Lipinski definition) is 3. The summed E-state index contributed by atoms with van der Waals surface area (Å²) in [6.07, 6.45) is 8.80. The molecule has 1 saturated heterocycles. The predicted octanol–water partition coefficient (Wildman–Crippen LogP) is 3.73. The SMILES string of the molecule is C=C/C=C(\C=C)CN=C1Nc2ccccc2NC12CCCNCC2. The summed E-state index contributed by atoms with van der Waals surface area (Å²) in [4.78, 5) is 4.92. The standard InChI is InChI=1S/C20H26N4/c1-3-8-16(4-2)15-22-19-20(11-7-13-21-14-12-20)24-18-10-6-5-9-17(18)23-19/h3-6,8-10,21,24H,1-2,7,11-15H2,(H,22,23)/b16-8+. The summed E-state index contributed by atoms with van der Waals surface area (Å²) < 4.78 is 0. The van der Waals surface area contributed by atoms with E-state index in [0.717, 1.165) is 55.1 Å². The highest BCUT2D eigenvalue weighted by Crippen LogP contribution is 2.36. The Bertz CT molecular complexity index is 664. The normalized spacial score (nSPS) is 25.3. The molecule has 2 aliphatic heterocycles. The van der Waals surface area contributed by atoms with E-state index >= 15 is 0 Å². The van der Waals surface area contributed by atoms with Crippen LogP contribution in [-0.2, 0) is 0 Å². The predicted molar refractivity (Wildman–Crippen MR) is 104 cm³/mol. The van der Waals surface area contributed by atoms with E-state index < -0.39 is 0 Å². The maximum Gasteiger partial charge on any atom is 0.127 e. The van der Waals surface area contributed by atoms with Crippen LogP contribution in [0.1, 0.15) is 19.3 Å². The van der Waals surface area contributed by atoms with Gasteiger partial charge in [-0.05, 0) is 50.1 Å². The van der Waals surface area contributed by atoms with Gasteiger partial charge in [0.05, 0.1) is 23.5 Å². The van der Waals surface area contributed by atoms with Crippen LogP contribution in [-0.4, -0.2) is 31.0 Å². The molecule has 3 N–H and O–H groups in total. The highest BCUT2D eigenvalue weighted by atomic mass is 15.2. The Labute approximate surface area is 144 Å². The van der Waals surface area contributed by atoms with Gasteiger partial charge in [-0.2, -0.15) is 0 Å². The zero-order chi connectivity index (χ0) is 16.8. The van der Waals surface area contributed by atoms with Crippen molar-refractivity contribution >= 4 is 17.2 Å². The van der Waals surface area contributed by atoms with Crippen molar-refractivity contribution in [2.24, 2.45) is 4.99 Å². The zero-order valence-electron chi connectivity index (χ0n) is 14.1. The van der Waals surface area contributed by atoms with Crippen LogP contribution < -0.4 is 16.0 Å². The Morgan fingerprint density at radius 3 is 2.79 bits per heavy atom. The number of rotatable bonds is 4. The highest BCUT2D eigenvalue weighted by molar-refractivity contribution is 6.09. The molecule has 126 valence electrons. The van der Waals surface area contributed by atoms with Gasteiger partial charge in [-0.15, -0.1) is 0 Å². The van der Waals surface area contributed by atoms with E-state index in [-0.39, 0.29) is 5.54 Å². The first-order valence-electron chi connectivity index (χ1n) is 8.61. The lowest BCUT2D eigenvalue weighted by atomic mass is 9.86. The van der Waals surface area contributed by atoms with Crippen molar-refractivity contribution in [3.05, 3.63) is 61.2 Å². The van der Waals surface area contributed by atoms with Gasteiger partial charge in [-0.3, -0.25) is 4.99 Å². The fourth-order valence-corrected chi connectivity index (χ4v) is 3.39. The Morgan fingerprint density at radius 1 is 1.17 bits per heavy atom. The maximum absolute atomic E-state index is 4.92. The number of anilines is 2. The highest BCUT2D eigenvalue weighted by Gasteiger charge is 2.39. The van der Waals surface area contributed by atoms with E-state index in [4.69, 9.17) is 4.99 Å². The minimum Gasteiger partial charge on any atom is -0.371 e. The molecule has 0 aliphatic carbocycles. The number of nitrogens with one attached hydrogen (secondary N) is 3. The fraction of sp³-hybridized carbons (Fsp3) is 0.350. The third-order valence-corrected chi connectivity index (χ3v) is 4.71. The van der Waals surface area contributed by atoms with Crippen LogP contribution >= 0.6 is 0 Å². The number of benzene rings is 1. The average molecular weight is 322 g/mol. The molecule has 0 radical (unpaired) electrons. The smallest absolute Gasteiger partial charge is 0.127 e. The van der Waals surface area contributed by atoms with Gasteiger partial charge < -0.3 is 16.0 Å². The molecule has 3 rings (SSSR count). The summed E-state index contributed by atoms with van der Waals surface area (Å²) in [5.41, 5.74) is 3.19. The maximum atomic E-state index is 4.92. The molecule has 1 atom stereocenters. The molecule has 2 aliphatic rings. The zero-order valence-corrected chi connectivity index (χ0v) is 14.1. The summed E-state index contributed by atoms with van der Waals surface area (Å²) >= 11 is 0. The summed E-state index contributed by atoms with van der Waals surface area (Å²) in [6.45, 7) is 10.3. The van der Waals surface area contributed by atoms with E-state index in [2.05, 4.69) is 47.3 Å². The van der Waals surface area contributed by atoms with Gasteiger partial charge >= 0.3 is 0 Å². The first-order chi connectivity index (χ1) is 11.8. The lowest BCUT2D eigenvalue weighted by molar-refractivity contribution is 0.539. The summed E-state index contributed by atoms with van der Waals surface area (Å²) in [7, 11) is 0. The van der Waals surface area contributed by atoms with Crippen molar-refractivity contribution in [1.82, 2.24) is 5.32 Å². The molecule has 24 heavy (non-hydrogen) atoms. The van der Waals surface area contributed by atoms with E-state index in [1.54, 1.807) is 6.08 Å². The molecule has 1 unspecified atom stereocenters. The number of aliphatic imine (C=N–C) groups is 1. The van der Waals surface area contributed by atoms with Crippen LogP contribution in [0.5, 0.6) is 0 Å². The minimum atomic E-state index is -0.127. The molecule has 0 saturated carbocycles. The minimum absolute atomic E-state index is 0.127. The van der Waals surface area contributed by atoms with Crippen LogP contribution in [0.15, 0.2) is 66.2 Å². The molecular weight excluding hydrogens is 296 g/mol. The largest absolute Gasteiger partial charge is 0.371 e. The van der Waals surface area contributed by atoms with Crippen LogP contribution in [0.25, 0.3) is 0 Å². The van der Waals surface area contributed by atoms with Gasteiger partial charge in [-0.1, -0.05) is 43.5 Å². The number of amidine groups is 1. The first kappa shape index (κ1) is 16.5. The number of nitrogens with zero attached hydrogens (tertiary/aromatic N) is 1. The van der Waals surface area contributed by atoms with Crippen LogP contribution in [0.4, 0.5) is 11.4 Å². The lowest BCUT2D eigenvalue weighted by Gasteiger charge is -2.41. The van der Waals surface area contributed by atoms with Crippen molar-refractivity contribution in [1.29, 1.82) is 0 Å². The second-order valence-electron chi connectivity index (χ2n) is 6.33. The van der Waals surface area contributed by atoms with Gasteiger partial charge in [0.25, 0.3) is 0 Å². The van der Waals surface area contributed by atoms with E-state index in [9.17, 15) is 0 Å². The monoisotopic (exact) mass is 322 g/mol. The van der Waals surface area contributed by atoms with Crippen LogP contribution in [0, 0.1) is 0 Å². The van der Waals surface area contributed by atoms with E-state index in [0.29, 0.717) is 6.54 Å². The quantitative estimate of drug-likeness (QED) is 0.740. The molecule has 1 spiro atoms. The molecule has 1 aromatic carbocycles. The van der Waals surface area contributed by atoms with Gasteiger partial charge in [0.1, 0.15) is 5.84 Å². The third-order valence-electron chi connectivity index (χ3n) is 4.71. The molecule has 0 amide bonds.